The molecule has 4 N–H and O–H groups in total. The molecule has 1 amide bonds. The Kier molecular flexibility index (Phi) is 5.14. The van der Waals surface area contributed by atoms with Crippen LogP contribution in [0.15, 0.2) is 24.5 Å². The van der Waals surface area contributed by atoms with Crippen molar-refractivity contribution >= 4 is 34.1 Å². The number of nitrogens with two attached hydrogens (primary N) is 1. The van der Waals surface area contributed by atoms with Gasteiger partial charge in [0.2, 0.25) is 5.88 Å². The largest absolute Gasteiger partial charge is 0.474 e. The number of piperidine rings is 2. The molecule has 2 aromatic heterocycles. The summed E-state index contributed by atoms with van der Waals surface area (Å²) in [4.78, 5) is 23.4. The van der Waals surface area contributed by atoms with Crippen LogP contribution in [0.4, 0.5) is 26.4 Å². The number of hydrogen-bond acceptors (Lipinski definition) is 8. The molecule has 6 rings (SSSR count). The summed E-state index contributed by atoms with van der Waals surface area (Å²) in [5.41, 5.74) is 8.65. The van der Waals surface area contributed by atoms with Crippen LogP contribution in [-0.2, 0) is 4.74 Å². The number of anilines is 3. The first kappa shape index (κ1) is 21.8. The molecule has 182 valence electrons. The molecule has 3 aromatic rings. The number of carbonyl (C=O) groups is 1. The average molecular weight is 479 g/mol. The summed E-state index contributed by atoms with van der Waals surface area (Å²) in [5, 5.41) is 7.10. The van der Waals surface area contributed by atoms with Gasteiger partial charge in [-0.15, -0.1) is 0 Å². The van der Waals surface area contributed by atoms with E-state index in [1.54, 1.807) is 18.3 Å². The molecule has 1 saturated heterocycles. The standard InChI is InChI=1S/C25H27FN6O3/c1-12-17(8-30-24-22(12)28-3-4-34-24)16-6-13-7-19(29-9-18(13)21(27)20(16)26)31-25(33)35-23-14-5-15(23)11-32(2)10-14/h6-9,14-15,23,28H,3-5,10-11,27H2,1-2H3,(H,29,31,33). The number of likely N-dealkylation sites (tertiary alicyclic amines) is 1. The zero-order chi connectivity index (χ0) is 24.3. The van der Waals surface area contributed by atoms with Gasteiger partial charge in [-0.05, 0) is 43.5 Å². The number of ether oxygens (including phenoxy) is 2. The number of aromatic nitrogens is 2. The summed E-state index contributed by atoms with van der Waals surface area (Å²) >= 11 is 0. The van der Waals surface area contributed by atoms with E-state index in [4.69, 9.17) is 15.2 Å². The van der Waals surface area contributed by atoms with Gasteiger partial charge in [-0.1, -0.05) is 0 Å². The molecule has 1 saturated carbocycles. The molecule has 2 aliphatic heterocycles. The molecule has 2 unspecified atom stereocenters. The lowest BCUT2D eigenvalue weighted by molar-refractivity contribution is -0.102. The van der Waals surface area contributed by atoms with E-state index in [-0.39, 0.29) is 11.8 Å². The number of halogens is 1. The van der Waals surface area contributed by atoms with E-state index < -0.39 is 11.9 Å². The van der Waals surface area contributed by atoms with Crippen LogP contribution in [0.3, 0.4) is 0 Å². The van der Waals surface area contributed by atoms with Gasteiger partial charge in [0.25, 0.3) is 0 Å². The van der Waals surface area contributed by atoms with Crippen LogP contribution in [0.2, 0.25) is 0 Å². The second kappa shape index (κ2) is 8.23. The Morgan fingerprint density at radius 1 is 1.26 bits per heavy atom. The summed E-state index contributed by atoms with van der Waals surface area (Å²) in [6.07, 6.45) is 3.57. The van der Waals surface area contributed by atoms with Gasteiger partial charge in [0.15, 0.2) is 5.82 Å². The van der Waals surface area contributed by atoms with Crippen molar-refractivity contribution in [2.45, 2.75) is 19.4 Å². The number of amides is 1. The zero-order valence-corrected chi connectivity index (χ0v) is 19.6. The van der Waals surface area contributed by atoms with Gasteiger partial charge < -0.3 is 25.4 Å². The summed E-state index contributed by atoms with van der Waals surface area (Å²) in [7, 11) is 2.09. The highest BCUT2D eigenvalue weighted by atomic mass is 19.1. The molecule has 9 nitrogen and oxygen atoms in total. The molecule has 2 fully saturated rings. The normalized spacial score (nSPS) is 23.0. The smallest absolute Gasteiger partial charge is 0.413 e. The SMILES string of the molecule is Cc1c(-c2cc3cc(NC(=O)OC4C5CC4CN(C)C5)ncc3c(N)c2F)cnc2c1NCCO2. The van der Waals surface area contributed by atoms with Crippen LogP contribution in [0.25, 0.3) is 21.9 Å². The number of nitrogens with zero attached hydrogens (tertiary/aromatic N) is 3. The summed E-state index contributed by atoms with van der Waals surface area (Å²) < 4.78 is 26.6. The molecule has 2 bridgehead atoms. The first-order valence-corrected chi connectivity index (χ1v) is 11.8. The Morgan fingerprint density at radius 2 is 2.06 bits per heavy atom. The van der Waals surface area contributed by atoms with Gasteiger partial charge in [-0.2, -0.15) is 0 Å². The number of pyridine rings is 2. The maximum Gasteiger partial charge on any atom is 0.413 e. The van der Waals surface area contributed by atoms with Crippen LogP contribution < -0.4 is 21.1 Å². The molecule has 2 atom stereocenters. The maximum absolute atomic E-state index is 15.3. The van der Waals surface area contributed by atoms with E-state index in [0.717, 1.165) is 30.8 Å². The van der Waals surface area contributed by atoms with E-state index in [0.29, 0.717) is 58.6 Å². The van der Waals surface area contributed by atoms with Crippen LogP contribution in [0.5, 0.6) is 5.88 Å². The number of carbonyl (C=O) groups excluding carboxylic acids is 1. The van der Waals surface area contributed by atoms with E-state index in [1.165, 1.54) is 6.20 Å². The number of nitrogens with one attached hydrogen (secondary N) is 2. The van der Waals surface area contributed by atoms with Crippen LogP contribution in [-0.4, -0.2) is 60.4 Å². The lowest BCUT2D eigenvalue weighted by Crippen LogP contribution is -2.58. The van der Waals surface area contributed by atoms with Crippen molar-refractivity contribution < 1.29 is 18.7 Å². The fraction of sp³-hybridized carbons (Fsp3) is 0.400. The molecular weight excluding hydrogens is 451 g/mol. The third-order valence-electron chi connectivity index (χ3n) is 7.34. The summed E-state index contributed by atoms with van der Waals surface area (Å²) in [6, 6.07) is 3.37. The van der Waals surface area contributed by atoms with Crippen LogP contribution >= 0.6 is 0 Å². The monoisotopic (exact) mass is 478 g/mol. The lowest BCUT2D eigenvalue weighted by atomic mass is 9.68. The molecule has 0 spiro atoms. The van der Waals surface area contributed by atoms with Gasteiger partial charge in [-0.25, -0.2) is 19.2 Å². The van der Waals surface area contributed by atoms with Crippen molar-refractivity contribution in [2.75, 3.05) is 49.7 Å². The quantitative estimate of drug-likeness (QED) is 0.489. The fourth-order valence-electron chi connectivity index (χ4n) is 5.58. The van der Waals surface area contributed by atoms with Gasteiger partial charge in [0.1, 0.15) is 24.2 Å². The highest BCUT2D eigenvalue weighted by Gasteiger charge is 2.48. The molecule has 0 radical (unpaired) electrons. The molecule has 4 heterocycles. The average Bonchev–Trinajstić information content (AvgIpc) is 2.85. The minimum Gasteiger partial charge on any atom is -0.474 e. The van der Waals surface area contributed by atoms with Crippen molar-refractivity contribution in [2.24, 2.45) is 11.8 Å². The van der Waals surface area contributed by atoms with Gasteiger partial charge in [0.05, 0.1) is 5.69 Å². The lowest BCUT2D eigenvalue weighted by Gasteiger charge is -2.51. The number of nitrogen functional groups attached to an aromatic ring is 1. The first-order chi connectivity index (χ1) is 16.9. The third kappa shape index (κ3) is 3.68. The van der Waals surface area contributed by atoms with Crippen molar-refractivity contribution in [3.8, 4) is 17.0 Å². The predicted molar refractivity (Wildman–Crippen MR) is 131 cm³/mol. The molecular formula is C25H27FN6O3. The Labute approximate surface area is 201 Å². The predicted octanol–water partition coefficient (Wildman–Crippen LogP) is 3.63. The first-order valence-electron chi connectivity index (χ1n) is 11.8. The molecule has 1 aromatic carbocycles. The van der Waals surface area contributed by atoms with Crippen LogP contribution in [0, 0.1) is 24.6 Å². The Bertz CT molecular complexity index is 1340. The molecule has 35 heavy (non-hydrogen) atoms. The van der Waals surface area contributed by atoms with Crippen LogP contribution in [0.1, 0.15) is 12.0 Å². The van der Waals surface area contributed by atoms with Gasteiger partial charge in [-0.3, -0.25) is 5.32 Å². The Hall–Kier alpha value is -3.66. The van der Waals surface area contributed by atoms with E-state index in [9.17, 15) is 4.79 Å². The zero-order valence-electron chi connectivity index (χ0n) is 19.6. The minimum absolute atomic E-state index is 0.00753. The van der Waals surface area contributed by atoms with Crippen molar-refractivity contribution in [1.29, 1.82) is 0 Å². The number of rotatable bonds is 3. The second-order valence-electron chi connectivity index (χ2n) is 9.67. The highest BCUT2D eigenvalue weighted by Crippen LogP contribution is 2.42. The van der Waals surface area contributed by atoms with Gasteiger partial charge in [0, 0.05) is 60.4 Å². The number of fused-ring (bicyclic) bond motifs is 4. The Balaban J connectivity index is 1.29. The van der Waals surface area contributed by atoms with Crippen molar-refractivity contribution in [1.82, 2.24) is 14.9 Å². The minimum atomic E-state index is -0.539. The van der Waals surface area contributed by atoms with Crippen molar-refractivity contribution in [3.63, 3.8) is 0 Å². The topological polar surface area (TPSA) is 115 Å². The van der Waals surface area contributed by atoms with E-state index in [2.05, 4.69) is 32.5 Å². The highest BCUT2D eigenvalue weighted by molar-refractivity contribution is 5.99. The van der Waals surface area contributed by atoms with E-state index in [1.807, 2.05) is 6.92 Å². The molecule has 10 heteroatoms. The molecule has 1 aliphatic carbocycles. The number of hydrogen-bond donors (Lipinski definition) is 3. The van der Waals surface area contributed by atoms with Gasteiger partial charge >= 0.3 is 6.09 Å². The number of benzene rings is 1. The Morgan fingerprint density at radius 3 is 2.86 bits per heavy atom. The fourth-order valence-corrected chi connectivity index (χ4v) is 5.58. The third-order valence-corrected chi connectivity index (χ3v) is 7.34. The summed E-state index contributed by atoms with van der Waals surface area (Å²) in [6.45, 7) is 4.95. The summed E-state index contributed by atoms with van der Waals surface area (Å²) in [5.74, 6) is 1.04. The van der Waals surface area contributed by atoms with E-state index >= 15 is 4.39 Å². The maximum atomic E-state index is 15.3. The molecule has 3 aliphatic rings. The second-order valence-corrected chi connectivity index (χ2v) is 9.67. The van der Waals surface area contributed by atoms with Crippen molar-refractivity contribution in [3.05, 3.63) is 35.9 Å².